The van der Waals surface area contributed by atoms with Gasteiger partial charge in [-0.25, -0.2) is 4.39 Å². The highest BCUT2D eigenvalue weighted by Gasteiger charge is 2.17. The van der Waals surface area contributed by atoms with E-state index in [1.165, 1.54) is 12.1 Å². The second-order valence-electron chi connectivity index (χ2n) is 4.78. The zero-order valence-corrected chi connectivity index (χ0v) is 11.4. The molecule has 1 amide bonds. The van der Waals surface area contributed by atoms with E-state index in [9.17, 15) is 14.3 Å². The summed E-state index contributed by atoms with van der Waals surface area (Å²) in [5.74, 6) is -1.23. The Morgan fingerprint density at radius 3 is 2.62 bits per heavy atom. The van der Waals surface area contributed by atoms with Crippen molar-refractivity contribution in [2.75, 3.05) is 12.3 Å². The molecule has 0 aromatic heterocycles. The minimum atomic E-state index is -0.641. The highest BCUT2D eigenvalue weighted by atomic mass is 19.1. The number of hydrogen-bond donors (Lipinski definition) is 3. The van der Waals surface area contributed by atoms with Crippen LogP contribution in [0.5, 0.6) is 0 Å². The maximum absolute atomic E-state index is 13.6. The summed E-state index contributed by atoms with van der Waals surface area (Å²) >= 11 is 0. The van der Waals surface area contributed by atoms with Crippen LogP contribution in [-0.4, -0.2) is 23.7 Å². The highest BCUT2D eigenvalue weighted by Crippen LogP contribution is 2.12. The number of carbonyl (C=O) groups is 1. The van der Waals surface area contributed by atoms with E-state index < -0.39 is 17.8 Å². The lowest BCUT2D eigenvalue weighted by Gasteiger charge is -2.17. The van der Waals surface area contributed by atoms with Crippen molar-refractivity contribution in [3.63, 3.8) is 0 Å². The first-order chi connectivity index (χ1) is 10.1. The van der Waals surface area contributed by atoms with Crippen LogP contribution in [0.4, 0.5) is 10.1 Å². The zero-order chi connectivity index (χ0) is 15.2. The number of halogens is 1. The summed E-state index contributed by atoms with van der Waals surface area (Å²) < 4.78 is 13.6. The lowest BCUT2D eigenvalue weighted by Crippen LogP contribution is -2.39. The molecule has 2 aromatic carbocycles. The van der Waals surface area contributed by atoms with E-state index in [0.29, 0.717) is 12.1 Å². The minimum absolute atomic E-state index is 0.124. The Balaban J connectivity index is 2.07. The topological polar surface area (TPSA) is 75.4 Å². The second-order valence-corrected chi connectivity index (χ2v) is 4.78. The fraction of sp³-hybridized carbons (Fsp3) is 0.188. The van der Waals surface area contributed by atoms with Crippen LogP contribution in [-0.2, 0) is 6.42 Å². The number of nitrogens with two attached hydrogens (primary N) is 1. The maximum Gasteiger partial charge on any atom is 0.254 e. The van der Waals surface area contributed by atoms with Gasteiger partial charge in [0.1, 0.15) is 5.82 Å². The number of hydrogen-bond acceptors (Lipinski definition) is 3. The van der Waals surface area contributed by atoms with Gasteiger partial charge in [-0.1, -0.05) is 30.3 Å². The van der Waals surface area contributed by atoms with Crippen molar-refractivity contribution in [2.24, 2.45) is 0 Å². The number of carbonyl (C=O) groups excluding carboxylic acids is 1. The normalized spacial score (nSPS) is 11.9. The lowest BCUT2D eigenvalue weighted by molar-refractivity contribution is 0.0912. The van der Waals surface area contributed by atoms with Gasteiger partial charge in [0, 0.05) is 5.69 Å². The van der Waals surface area contributed by atoms with Gasteiger partial charge in [0.15, 0.2) is 0 Å². The molecule has 5 heteroatoms. The summed E-state index contributed by atoms with van der Waals surface area (Å²) in [6.07, 6.45) is 0.465. The maximum atomic E-state index is 13.6. The van der Waals surface area contributed by atoms with Gasteiger partial charge < -0.3 is 16.2 Å². The molecule has 4 N–H and O–H groups in total. The molecule has 0 radical (unpaired) electrons. The number of nitrogens with one attached hydrogen (secondary N) is 1. The quantitative estimate of drug-likeness (QED) is 0.734. The van der Waals surface area contributed by atoms with Crippen LogP contribution in [0.25, 0.3) is 0 Å². The van der Waals surface area contributed by atoms with Crippen LogP contribution < -0.4 is 11.1 Å². The molecule has 0 heterocycles. The number of aliphatic hydroxyl groups excluding tert-OH is 1. The molecule has 2 aromatic rings. The first kappa shape index (κ1) is 15.0. The van der Waals surface area contributed by atoms with E-state index in [0.717, 1.165) is 11.6 Å². The smallest absolute Gasteiger partial charge is 0.254 e. The standard InChI is InChI=1S/C16H17FN2O2/c17-15-7-6-12(18)9-14(15)16(21)19-13(10-20)8-11-4-2-1-3-5-11/h1-7,9,13,20H,8,10,18H2,(H,19,21)/t13-/m0/s1. The Kier molecular flexibility index (Phi) is 4.90. The van der Waals surface area contributed by atoms with E-state index in [1.54, 1.807) is 0 Å². The van der Waals surface area contributed by atoms with Gasteiger partial charge in [-0.15, -0.1) is 0 Å². The van der Waals surface area contributed by atoms with Crippen LogP contribution in [0.1, 0.15) is 15.9 Å². The van der Waals surface area contributed by atoms with Gasteiger partial charge in [0.25, 0.3) is 5.91 Å². The number of nitrogen functional groups attached to an aromatic ring is 1. The Labute approximate surface area is 122 Å². The van der Waals surface area contributed by atoms with Crippen LogP contribution >= 0.6 is 0 Å². The van der Waals surface area contributed by atoms with E-state index in [2.05, 4.69) is 5.32 Å². The largest absolute Gasteiger partial charge is 0.399 e. The molecule has 0 bridgehead atoms. The predicted octanol–water partition coefficient (Wildman–Crippen LogP) is 1.74. The first-order valence-electron chi connectivity index (χ1n) is 6.61. The van der Waals surface area contributed by atoms with E-state index in [1.807, 2.05) is 30.3 Å². The lowest BCUT2D eigenvalue weighted by atomic mass is 10.1. The summed E-state index contributed by atoms with van der Waals surface area (Å²) in [7, 11) is 0. The molecule has 110 valence electrons. The third kappa shape index (κ3) is 4.03. The number of rotatable bonds is 5. The van der Waals surface area contributed by atoms with Gasteiger partial charge in [-0.05, 0) is 30.2 Å². The van der Waals surface area contributed by atoms with Crippen LogP contribution in [0.15, 0.2) is 48.5 Å². The minimum Gasteiger partial charge on any atom is -0.399 e. The molecular weight excluding hydrogens is 271 g/mol. The fourth-order valence-electron chi connectivity index (χ4n) is 2.04. The Hall–Kier alpha value is -2.40. The molecule has 0 aliphatic heterocycles. The third-order valence-corrected chi connectivity index (χ3v) is 3.12. The average Bonchev–Trinajstić information content (AvgIpc) is 2.50. The second kappa shape index (κ2) is 6.85. The molecule has 0 saturated heterocycles. The van der Waals surface area contributed by atoms with Crippen molar-refractivity contribution in [1.29, 1.82) is 0 Å². The Morgan fingerprint density at radius 2 is 1.95 bits per heavy atom. The first-order valence-corrected chi connectivity index (χ1v) is 6.61. The monoisotopic (exact) mass is 288 g/mol. The third-order valence-electron chi connectivity index (χ3n) is 3.12. The molecule has 0 fully saturated rings. The molecule has 2 rings (SSSR count). The molecule has 1 atom stereocenters. The summed E-state index contributed by atoms with van der Waals surface area (Å²) in [5, 5.41) is 12.0. The number of benzene rings is 2. The molecule has 0 aliphatic rings. The number of amides is 1. The van der Waals surface area contributed by atoms with Crippen LogP contribution in [0.2, 0.25) is 0 Å². The van der Waals surface area contributed by atoms with Crippen LogP contribution in [0, 0.1) is 5.82 Å². The summed E-state index contributed by atoms with van der Waals surface area (Å²) in [4.78, 5) is 12.1. The fourth-order valence-corrected chi connectivity index (χ4v) is 2.04. The molecule has 0 unspecified atom stereocenters. The average molecular weight is 288 g/mol. The molecule has 0 aliphatic carbocycles. The number of anilines is 1. The Morgan fingerprint density at radius 1 is 1.24 bits per heavy atom. The van der Waals surface area contributed by atoms with Crippen molar-refractivity contribution in [2.45, 2.75) is 12.5 Å². The van der Waals surface area contributed by atoms with Crippen molar-refractivity contribution >= 4 is 11.6 Å². The van der Waals surface area contributed by atoms with Gasteiger partial charge >= 0.3 is 0 Å². The van der Waals surface area contributed by atoms with Gasteiger partial charge in [-0.3, -0.25) is 4.79 Å². The highest BCUT2D eigenvalue weighted by molar-refractivity contribution is 5.95. The van der Waals surface area contributed by atoms with Crippen molar-refractivity contribution in [3.05, 3.63) is 65.5 Å². The molecule has 21 heavy (non-hydrogen) atoms. The molecule has 0 saturated carbocycles. The van der Waals surface area contributed by atoms with Gasteiger partial charge in [-0.2, -0.15) is 0 Å². The zero-order valence-electron chi connectivity index (χ0n) is 11.4. The molecule has 0 spiro atoms. The van der Waals surface area contributed by atoms with Crippen molar-refractivity contribution in [1.82, 2.24) is 5.32 Å². The predicted molar refractivity (Wildman–Crippen MR) is 79.3 cm³/mol. The van der Waals surface area contributed by atoms with Crippen molar-refractivity contribution in [3.8, 4) is 0 Å². The molecule has 4 nitrogen and oxygen atoms in total. The van der Waals surface area contributed by atoms with E-state index >= 15 is 0 Å². The van der Waals surface area contributed by atoms with Gasteiger partial charge in [0.05, 0.1) is 18.2 Å². The SMILES string of the molecule is Nc1ccc(F)c(C(=O)N[C@H](CO)Cc2ccccc2)c1. The van der Waals surface area contributed by atoms with E-state index in [4.69, 9.17) is 5.73 Å². The summed E-state index contributed by atoms with van der Waals surface area (Å²) in [6.45, 7) is -0.232. The summed E-state index contributed by atoms with van der Waals surface area (Å²) in [5.41, 5.74) is 6.72. The summed E-state index contributed by atoms with van der Waals surface area (Å²) in [6, 6.07) is 12.8. The number of aliphatic hydroxyl groups is 1. The van der Waals surface area contributed by atoms with Crippen molar-refractivity contribution < 1.29 is 14.3 Å². The molecular formula is C16H17FN2O2. The van der Waals surface area contributed by atoms with Gasteiger partial charge in [0.2, 0.25) is 0 Å². The van der Waals surface area contributed by atoms with Crippen LogP contribution in [0.3, 0.4) is 0 Å². The Bertz CT molecular complexity index is 617. The van der Waals surface area contributed by atoms with E-state index in [-0.39, 0.29) is 12.2 Å².